The van der Waals surface area contributed by atoms with E-state index >= 15 is 0 Å². The van der Waals surface area contributed by atoms with Crippen LogP contribution < -0.4 is 0 Å². The Morgan fingerprint density at radius 2 is 2.21 bits per heavy atom. The summed E-state index contributed by atoms with van der Waals surface area (Å²) >= 11 is 1.78. The van der Waals surface area contributed by atoms with E-state index < -0.39 is 0 Å². The van der Waals surface area contributed by atoms with Gasteiger partial charge in [-0.2, -0.15) is 0 Å². The Bertz CT molecular complexity index is 500. The highest BCUT2D eigenvalue weighted by molar-refractivity contribution is 7.99. The fraction of sp³-hybridized carbons (Fsp3) is 0.692. The van der Waals surface area contributed by atoms with Gasteiger partial charge in [0, 0.05) is 31.8 Å². The molecule has 19 heavy (non-hydrogen) atoms. The topological polar surface area (TPSA) is 47.4 Å². The van der Waals surface area contributed by atoms with Gasteiger partial charge in [0.25, 0.3) is 5.91 Å². The van der Waals surface area contributed by atoms with E-state index in [1.165, 1.54) is 12.8 Å². The van der Waals surface area contributed by atoms with E-state index in [0.717, 1.165) is 18.4 Å². The third-order valence-electron chi connectivity index (χ3n) is 3.98. The number of carbonyl (C=O) groups is 1. The van der Waals surface area contributed by atoms with Gasteiger partial charge in [-0.1, -0.05) is 11.8 Å². The predicted molar refractivity (Wildman–Crippen MR) is 73.4 cm³/mol. The van der Waals surface area contributed by atoms with Crippen molar-refractivity contribution in [3.8, 4) is 0 Å². The Balaban J connectivity index is 1.64. The fourth-order valence-electron chi connectivity index (χ4n) is 2.69. The molecule has 0 N–H and O–H groups in total. The second-order valence-corrected chi connectivity index (χ2v) is 7.09. The van der Waals surface area contributed by atoms with Gasteiger partial charge >= 0.3 is 0 Å². The van der Waals surface area contributed by atoms with Crippen molar-refractivity contribution in [2.24, 2.45) is 12.5 Å². The number of amides is 1. The van der Waals surface area contributed by atoms with Gasteiger partial charge in [0.1, 0.15) is 5.69 Å². The first-order valence-corrected chi connectivity index (χ1v) is 7.36. The number of hydrogen-bond donors (Lipinski definition) is 0. The van der Waals surface area contributed by atoms with E-state index in [2.05, 4.69) is 4.98 Å². The Morgan fingerprint density at radius 3 is 2.74 bits per heavy atom. The van der Waals surface area contributed by atoms with Crippen molar-refractivity contribution in [1.82, 2.24) is 14.5 Å². The molecule has 1 saturated heterocycles. The molecule has 1 spiro atoms. The maximum absolute atomic E-state index is 11.9. The number of thioether (sulfide) groups is 1. The Labute approximate surface area is 117 Å². The lowest BCUT2D eigenvalue weighted by molar-refractivity contribution is -0.152. The van der Waals surface area contributed by atoms with Crippen LogP contribution in [0.15, 0.2) is 11.4 Å². The number of hydrogen-bond acceptors (Lipinski definition) is 4. The van der Waals surface area contributed by atoms with Gasteiger partial charge in [0.05, 0.1) is 19.4 Å². The molecule has 1 aliphatic heterocycles. The molecule has 1 aromatic heterocycles. The van der Waals surface area contributed by atoms with Gasteiger partial charge in [-0.3, -0.25) is 4.79 Å². The molecule has 0 aromatic carbocycles. The van der Waals surface area contributed by atoms with E-state index in [1.807, 2.05) is 11.6 Å². The molecule has 0 unspecified atom stereocenters. The van der Waals surface area contributed by atoms with Gasteiger partial charge < -0.3 is 14.2 Å². The van der Waals surface area contributed by atoms with Crippen molar-refractivity contribution in [2.45, 2.75) is 23.2 Å². The normalized spacial score (nSPS) is 21.0. The minimum absolute atomic E-state index is 0.000627. The van der Waals surface area contributed by atoms with Crippen LogP contribution in [-0.4, -0.2) is 52.9 Å². The molecule has 5 nitrogen and oxygen atoms in total. The summed E-state index contributed by atoms with van der Waals surface area (Å²) in [5, 5.41) is 1.55. The number of rotatable bonds is 3. The molecule has 2 aliphatic rings. The SMILES string of the molecule is CN(C)C(=O)c1cnc(SC2CC3(COC3)C2)n1C. The van der Waals surface area contributed by atoms with Crippen LogP contribution in [-0.2, 0) is 11.8 Å². The second kappa shape index (κ2) is 4.52. The first-order valence-electron chi connectivity index (χ1n) is 6.48. The largest absolute Gasteiger partial charge is 0.380 e. The molecule has 104 valence electrons. The van der Waals surface area contributed by atoms with Crippen LogP contribution in [0.25, 0.3) is 0 Å². The fourth-order valence-corrected chi connectivity index (χ4v) is 4.24. The Hall–Kier alpha value is -1.01. The van der Waals surface area contributed by atoms with Gasteiger partial charge in [0.15, 0.2) is 5.16 Å². The highest BCUT2D eigenvalue weighted by Gasteiger charge is 2.50. The molecule has 1 amide bonds. The summed E-state index contributed by atoms with van der Waals surface area (Å²) in [6.07, 6.45) is 4.09. The molecule has 6 heteroatoms. The standard InChI is InChI=1S/C13H19N3O2S/c1-15(2)11(17)10-6-14-12(16(10)3)19-9-4-13(5-9)7-18-8-13/h6,9H,4-5,7-8H2,1-3H3. The molecule has 0 atom stereocenters. The van der Waals surface area contributed by atoms with Crippen LogP contribution >= 0.6 is 11.8 Å². The zero-order chi connectivity index (χ0) is 13.6. The highest BCUT2D eigenvalue weighted by Crippen LogP contribution is 2.52. The van der Waals surface area contributed by atoms with Crippen molar-refractivity contribution in [2.75, 3.05) is 27.3 Å². The van der Waals surface area contributed by atoms with E-state index in [0.29, 0.717) is 16.4 Å². The maximum Gasteiger partial charge on any atom is 0.271 e. The monoisotopic (exact) mass is 281 g/mol. The Morgan fingerprint density at radius 1 is 1.53 bits per heavy atom. The summed E-state index contributed by atoms with van der Waals surface area (Å²) in [4.78, 5) is 17.9. The van der Waals surface area contributed by atoms with Crippen LogP contribution in [0.3, 0.4) is 0 Å². The highest BCUT2D eigenvalue weighted by atomic mass is 32.2. The van der Waals surface area contributed by atoms with E-state index in [-0.39, 0.29) is 5.91 Å². The van der Waals surface area contributed by atoms with Gasteiger partial charge in [-0.05, 0) is 12.8 Å². The molecule has 1 aromatic rings. The summed E-state index contributed by atoms with van der Waals surface area (Å²) in [7, 11) is 5.43. The third kappa shape index (κ3) is 2.17. The lowest BCUT2D eigenvalue weighted by atomic mass is 9.67. The van der Waals surface area contributed by atoms with Crippen molar-refractivity contribution in [1.29, 1.82) is 0 Å². The average molecular weight is 281 g/mol. The van der Waals surface area contributed by atoms with Crippen molar-refractivity contribution in [3.63, 3.8) is 0 Å². The van der Waals surface area contributed by atoms with E-state index in [9.17, 15) is 4.79 Å². The van der Waals surface area contributed by atoms with Gasteiger partial charge in [-0.15, -0.1) is 0 Å². The van der Waals surface area contributed by atoms with E-state index in [1.54, 1.807) is 37.0 Å². The zero-order valence-corrected chi connectivity index (χ0v) is 12.4. The van der Waals surface area contributed by atoms with Crippen molar-refractivity contribution in [3.05, 3.63) is 11.9 Å². The molecule has 2 heterocycles. The number of ether oxygens (including phenoxy) is 1. The summed E-state index contributed by atoms with van der Waals surface area (Å²) < 4.78 is 7.18. The predicted octanol–water partition coefficient (Wildman–Crippen LogP) is 1.39. The summed E-state index contributed by atoms with van der Waals surface area (Å²) in [5.74, 6) is -0.000627. The first kappa shape index (κ1) is 13.0. The second-order valence-electron chi connectivity index (χ2n) is 5.83. The quantitative estimate of drug-likeness (QED) is 0.840. The zero-order valence-electron chi connectivity index (χ0n) is 11.5. The molecule has 3 rings (SSSR count). The lowest BCUT2D eigenvalue weighted by Gasteiger charge is -2.52. The van der Waals surface area contributed by atoms with Crippen LogP contribution in [0, 0.1) is 5.41 Å². The minimum Gasteiger partial charge on any atom is -0.380 e. The molecular formula is C13H19N3O2S. The first-order chi connectivity index (χ1) is 9.01. The third-order valence-corrected chi connectivity index (χ3v) is 5.24. The molecule has 0 radical (unpaired) electrons. The van der Waals surface area contributed by atoms with Gasteiger partial charge in [-0.25, -0.2) is 4.98 Å². The van der Waals surface area contributed by atoms with Gasteiger partial charge in [0.2, 0.25) is 0 Å². The number of imidazole rings is 1. The summed E-state index contributed by atoms with van der Waals surface area (Å²) in [6, 6.07) is 0. The molecule has 0 bridgehead atoms. The molecule has 1 saturated carbocycles. The number of carbonyl (C=O) groups excluding carboxylic acids is 1. The summed E-state index contributed by atoms with van der Waals surface area (Å²) in [5.41, 5.74) is 1.12. The molecule has 1 aliphatic carbocycles. The average Bonchev–Trinajstić information content (AvgIpc) is 2.61. The van der Waals surface area contributed by atoms with Crippen LogP contribution in [0.1, 0.15) is 23.3 Å². The minimum atomic E-state index is -0.000627. The number of aromatic nitrogens is 2. The molecular weight excluding hydrogens is 262 g/mol. The lowest BCUT2D eigenvalue weighted by Crippen LogP contribution is -2.53. The van der Waals surface area contributed by atoms with Crippen molar-refractivity contribution < 1.29 is 9.53 Å². The summed E-state index contributed by atoms with van der Waals surface area (Å²) in [6.45, 7) is 1.85. The van der Waals surface area contributed by atoms with E-state index in [4.69, 9.17) is 4.74 Å². The number of nitrogens with zero attached hydrogens (tertiary/aromatic N) is 3. The van der Waals surface area contributed by atoms with Crippen LogP contribution in [0.4, 0.5) is 0 Å². The Kier molecular flexibility index (Phi) is 3.09. The van der Waals surface area contributed by atoms with Crippen LogP contribution in [0.2, 0.25) is 0 Å². The molecule has 2 fully saturated rings. The van der Waals surface area contributed by atoms with Crippen molar-refractivity contribution >= 4 is 17.7 Å². The smallest absolute Gasteiger partial charge is 0.271 e. The maximum atomic E-state index is 11.9. The van der Waals surface area contributed by atoms with Crippen LogP contribution in [0.5, 0.6) is 0 Å².